The van der Waals surface area contributed by atoms with Crippen LogP contribution in [0.4, 0.5) is 8.78 Å². The molecule has 1 saturated carbocycles. The molecule has 0 saturated heterocycles. The number of nitrogens with zero attached hydrogens (tertiary/aromatic N) is 4. The van der Waals surface area contributed by atoms with Gasteiger partial charge in [0, 0.05) is 25.6 Å². The lowest BCUT2D eigenvalue weighted by atomic mass is 9.95. The van der Waals surface area contributed by atoms with Crippen molar-refractivity contribution in [3.05, 3.63) is 36.2 Å². The van der Waals surface area contributed by atoms with E-state index in [1.807, 2.05) is 0 Å². The molecule has 2 heterocycles. The average molecular weight is 367 g/mol. The molecule has 1 fully saturated rings. The molecule has 2 aromatic rings. The minimum atomic E-state index is -1.75. The molecule has 144 valence electrons. The number of aromatic nitrogens is 4. The zero-order chi connectivity index (χ0) is 18.9. The third kappa shape index (κ3) is 5.57. The third-order valence-electron chi connectivity index (χ3n) is 4.23. The highest BCUT2D eigenvalue weighted by Gasteiger charge is 2.19. The number of carbonyl (C=O) groups is 1. The van der Waals surface area contributed by atoms with E-state index in [-0.39, 0.29) is 19.3 Å². The SMILES string of the molecule is CC(C)c1cc(C(=O)NC2CCCCC2)nc(-n2ccnc2)n1.FCF.[HH]. The molecule has 1 aliphatic rings. The monoisotopic (exact) mass is 367 g/mol. The van der Waals surface area contributed by atoms with Gasteiger partial charge in [-0.2, -0.15) is 0 Å². The Morgan fingerprint density at radius 3 is 2.58 bits per heavy atom. The van der Waals surface area contributed by atoms with Crippen LogP contribution in [0.2, 0.25) is 0 Å². The van der Waals surface area contributed by atoms with Gasteiger partial charge in [-0.1, -0.05) is 33.1 Å². The third-order valence-corrected chi connectivity index (χ3v) is 4.23. The Labute approximate surface area is 153 Å². The second kappa shape index (κ2) is 9.94. The molecule has 26 heavy (non-hydrogen) atoms. The van der Waals surface area contributed by atoms with E-state index < -0.39 is 6.93 Å². The van der Waals surface area contributed by atoms with Crippen molar-refractivity contribution in [1.29, 1.82) is 0 Å². The highest BCUT2D eigenvalue weighted by molar-refractivity contribution is 5.92. The standard InChI is InChI=1S/C17H23N5O.CH2F2.H2/c1-12(2)14-10-15(16(23)19-13-6-4-3-5-7-13)21-17(20-14)22-9-8-18-11-22;2-1-3;/h8-13H,3-7H2,1-2H3,(H,19,23);1H2;1H. The number of carbonyl (C=O) groups excluding carboxylic acids is 1. The van der Waals surface area contributed by atoms with Crippen LogP contribution in [0.1, 0.15) is 69.5 Å². The second-order valence-electron chi connectivity index (χ2n) is 6.51. The van der Waals surface area contributed by atoms with Gasteiger partial charge in [-0.15, -0.1) is 0 Å². The summed E-state index contributed by atoms with van der Waals surface area (Å²) in [4.78, 5) is 25.6. The van der Waals surface area contributed by atoms with Gasteiger partial charge in [-0.3, -0.25) is 9.36 Å². The molecule has 0 aliphatic heterocycles. The largest absolute Gasteiger partial charge is 0.348 e. The maximum atomic E-state index is 12.6. The predicted octanol–water partition coefficient (Wildman–Crippen LogP) is 3.98. The topological polar surface area (TPSA) is 72.7 Å². The van der Waals surface area contributed by atoms with Crippen LogP contribution >= 0.6 is 0 Å². The van der Waals surface area contributed by atoms with Crippen molar-refractivity contribution in [2.75, 3.05) is 6.93 Å². The van der Waals surface area contributed by atoms with Crippen molar-refractivity contribution in [1.82, 2.24) is 24.8 Å². The smallest absolute Gasteiger partial charge is 0.270 e. The number of alkyl halides is 2. The van der Waals surface area contributed by atoms with E-state index in [0.717, 1.165) is 18.5 Å². The molecule has 1 N–H and O–H groups in total. The lowest BCUT2D eigenvalue weighted by Gasteiger charge is -2.22. The summed E-state index contributed by atoms with van der Waals surface area (Å²) in [6, 6.07) is 2.06. The Kier molecular flexibility index (Phi) is 7.62. The van der Waals surface area contributed by atoms with E-state index >= 15 is 0 Å². The van der Waals surface area contributed by atoms with Gasteiger partial charge in [0.1, 0.15) is 12.0 Å². The molecule has 0 atom stereocenters. The maximum Gasteiger partial charge on any atom is 0.270 e. The molecule has 8 heteroatoms. The normalized spacial score (nSPS) is 14.7. The van der Waals surface area contributed by atoms with E-state index in [1.165, 1.54) is 19.3 Å². The predicted molar refractivity (Wildman–Crippen MR) is 96.8 cm³/mol. The summed E-state index contributed by atoms with van der Waals surface area (Å²) in [6.45, 7) is 2.37. The zero-order valence-corrected chi connectivity index (χ0v) is 15.2. The average Bonchev–Trinajstić information content (AvgIpc) is 3.17. The number of halogens is 2. The number of amides is 1. The van der Waals surface area contributed by atoms with Gasteiger partial charge < -0.3 is 5.32 Å². The Bertz CT molecular complexity index is 691. The van der Waals surface area contributed by atoms with Crippen molar-refractivity contribution in [2.45, 2.75) is 57.9 Å². The molecule has 0 aromatic carbocycles. The molecule has 0 radical (unpaired) electrons. The van der Waals surface area contributed by atoms with Gasteiger partial charge in [-0.05, 0) is 24.8 Å². The van der Waals surface area contributed by atoms with E-state index in [0.29, 0.717) is 11.6 Å². The number of hydrogen-bond donors (Lipinski definition) is 1. The summed E-state index contributed by atoms with van der Waals surface area (Å²) in [5, 5.41) is 3.12. The maximum absolute atomic E-state index is 12.6. The number of imidazole rings is 1. The summed E-state index contributed by atoms with van der Waals surface area (Å²) < 4.78 is 21.0. The molecule has 0 bridgehead atoms. The zero-order valence-electron chi connectivity index (χ0n) is 15.2. The second-order valence-corrected chi connectivity index (χ2v) is 6.51. The van der Waals surface area contributed by atoms with Crippen LogP contribution in [0.25, 0.3) is 5.95 Å². The fraction of sp³-hybridized carbons (Fsp3) is 0.556. The first kappa shape index (κ1) is 19.9. The van der Waals surface area contributed by atoms with Gasteiger partial charge in [0.05, 0.1) is 0 Å². The fourth-order valence-corrected chi connectivity index (χ4v) is 2.86. The van der Waals surface area contributed by atoms with Gasteiger partial charge in [0.2, 0.25) is 12.9 Å². The molecule has 6 nitrogen and oxygen atoms in total. The fourth-order valence-electron chi connectivity index (χ4n) is 2.86. The summed E-state index contributed by atoms with van der Waals surface area (Å²) in [6.07, 6.45) is 10.9. The number of rotatable bonds is 4. The molecule has 0 unspecified atom stereocenters. The summed E-state index contributed by atoms with van der Waals surface area (Å²) in [5.41, 5.74) is 1.29. The van der Waals surface area contributed by atoms with E-state index in [9.17, 15) is 13.6 Å². The first-order chi connectivity index (χ1) is 12.5. The first-order valence-electron chi connectivity index (χ1n) is 8.85. The lowest BCUT2D eigenvalue weighted by molar-refractivity contribution is 0.0922. The lowest BCUT2D eigenvalue weighted by Crippen LogP contribution is -2.36. The van der Waals surface area contributed by atoms with Crippen molar-refractivity contribution >= 4 is 5.91 Å². The van der Waals surface area contributed by atoms with Crippen LogP contribution in [0.3, 0.4) is 0 Å². The van der Waals surface area contributed by atoms with Crippen molar-refractivity contribution < 1.29 is 15.0 Å². The number of hydrogen-bond acceptors (Lipinski definition) is 4. The van der Waals surface area contributed by atoms with Crippen LogP contribution in [0.15, 0.2) is 24.8 Å². The van der Waals surface area contributed by atoms with Gasteiger partial charge >= 0.3 is 0 Å². The molecule has 0 spiro atoms. The van der Waals surface area contributed by atoms with Gasteiger partial charge in [0.15, 0.2) is 0 Å². The van der Waals surface area contributed by atoms with Crippen molar-refractivity contribution in [2.24, 2.45) is 0 Å². The van der Waals surface area contributed by atoms with Crippen LogP contribution in [-0.4, -0.2) is 38.4 Å². The van der Waals surface area contributed by atoms with Crippen LogP contribution in [0.5, 0.6) is 0 Å². The number of nitrogens with one attached hydrogen (secondary N) is 1. The van der Waals surface area contributed by atoms with Crippen LogP contribution in [-0.2, 0) is 0 Å². The quantitative estimate of drug-likeness (QED) is 0.887. The molecule has 1 amide bonds. The molecular formula is C18H27F2N5O. The van der Waals surface area contributed by atoms with E-state index in [2.05, 4.69) is 34.1 Å². The van der Waals surface area contributed by atoms with Crippen molar-refractivity contribution in [3.8, 4) is 5.95 Å². The highest BCUT2D eigenvalue weighted by Crippen LogP contribution is 2.19. The van der Waals surface area contributed by atoms with E-state index in [4.69, 9.17) is 0 Å². The molecule has 1 aliphatic carbocycles. The van der Waals surface area contributed by atoms with E-state index in [1.54, 1.807) is 29.4 Å². The van der Waals surface area contributed by atoms with Gasteiger partial charge in [0.25, 0.3) is 5.91 Å². The minimum absolute atomic E-state index is 0. The molecule has 3 rings (SSSR count). The van der Waals surface area contributed by atoms with Crippen molar-refractivity contribution in [3.63, 3.8) is 0 Å². The molecular weight excluding hydrogens is 340 g/mol. The first-order valence-corrected chi connectivity index (χ1v) is 8.85. The summed E-state index contributed by atoms with van der Waals surface area (Å²) in [5.74, 6) is 0.603. The highest BCUT2D eigenvalue weighted by atomic mass is 19.3. The van der Waals surface area contributed by atoms with Crippen LogP contribution < -0.4 is 5.32 Å². The molecule has 2 aromatic heterocycles. The summed E-state index contributed by atoms with van der Waals surface area (Å²) in [7, 11) is 0. The minimum Gasteiger partial charge on any atom is -0.348 e. The Morgan fingerprint density at radius 1 is 1.31 bits per heavy atom. The van der Waals surface area contributed by atoms with Gasteiger partial charge in [-0.25, -0.2) is 23.7 Å². The summed E-state index contributed by atoms with van der Waals surface area (Å²) >= 11 is 0. The Morgan fingerprint density at radius 2 is 2.00 bits per heavy atom. The Balaban J connectivity index is 0.000000855. The van der Waals surface area contributed by atoms with Crippen LogP contribution in [0, 0.1) is 0 Å². The Hall–Kier alpha value is -2.38.